The van der Waals surface area contributed by atoms with Crippen molar-refractivity contribution in [1.82, 2.24) is 4.31 Å². The molecule has 9 nitrogen and oxygen atoms in total. The average Bonchev–Trinajstić information content (AvgIpc) is 2.84. The van der Waals surface area contributed by atoms with Crippen molar-refractivity contribution in [2.45, 2.75) is 31.0 Å². The molecule has 1 N–H and O–H groups in total. The lowest BCUT2D eigenvalue weighted by Crippen LogP contribution is -2.40. The predicted octanol–water partition coefficient (Wildman–Crippen LogP) is 2.98. The molecule has 1 saturated heterocycles. The maximum atomic E-state index is 13.0. The van der Waals surface area contributed by atoms with Gasteiger partial charge in [-0.05, 0) is 49.7 Å². The van der Waals surface area contributed by atoms with Crippen LogP contribution >= 0.6 is 0 Å². The highest BCUT2D eigenvalue weighted by molar-refractivity contribution is 7.89. The summed E-state index contributed by atoms with van der Waals surface area (Å²) in [6.45, 7) is 3.21. The summed E-state index contributed by atoms with van der Waals surface area (Å²) in [5.74, 6) is -1.90. The lowest BCUT2D eigenvalue weighted by Gasteiger charge is -2.27. The van der Waals surface area contributed by atoms with Crippen LogP contribution in [0.5, 0.6) is 5.75 Å². The molecule has 0 aromatic heterocycles. The second-order valence-electron chi connectivity index (χ2n) is 7.93. The monoisotopic (exact) mass is 530 g/mol. The van der Waals surface area contributed by atoms with Crippen LogP contribution in [-0.2, 0) is 35.3 Å². The number of halogens is 3. The molecule has 13 heteroatoms. The second kappa shape index (κ2) is 11.3. The van der Waals surface area contributed by atoms with E-state index in [9.17, 15) is 31.2 Å². The van der Waals surface area contributed by atoms with Crippen LogP contribution in [0.25, 0.3) is 0 Å². The molecule has 0 spiro atoms. The Kier molecular flexibility index (Phi) is 8.59. The van der Waals surface area contributed by atoms with E-state index in [1.807, 2.05) is 0 Å². The van der Waals surface area contributed by atoms with Gasteiger partial charge in [-0.25, -0.2) is 13.2 Å². The van der Waals surface area contributed by atoms with Gasteiger partial charge in [-0.1, -0.05) is 12.1 Å². The molecule has 1 aliphatic heterocycles. The summed E-state index contributed by atoms with van der Waals surface area (Å²) in [7, 11) is -3.81. The highest BCUT2D eigenvalue weighted by atomic mass is 32.2. The highest BCUT2D eigenvalue weighted by Crippen LogP contribution is 2.31. The number of hydrogen-bond acceptors (Lipinski definition) is 7. The standard InChI is InChI=1S/C23H25F3N2O7S/c1-15-6-7-18(13-20(15)36(31,32)28-8-10-33-11-9-28)27-22(30)16(2)35-21(29)14-34-19-5-3-4-17(12-19)23(24,25)26/h3-7,12-13,16H,8-11,14H2,1-2H3,(H,27,30)/t16-/m0/s1. The number of nitrogens with one attached hydrogen (secondary N) is 1. The zero-order valence-corrected chi connectivity index (χ0v) is 20.3. The van der Waals surface area contributed by atoms with Gasteiger partial charge in [0.05, 0.1) is 23.7 Å². The van der Waals surface area contributed by atoms with Gasteiger partial charge in [-0.3, -0.25) is 4.79 Å². The minimum absolute atomic E-state index is 0.0290. The fourth-order valence-electron chi connectivity index (χ4n) is 3.31. The Balaban J connectivity index is 1.59. The molecule has 196 valence electrons. The third-order valence-corrected chi connectivity index (χ3v) is 7.28. The number of anilines is 1. The van der Waals surface area contributed by atoms with Crippen molar-refractivity contribution in [3.63, 3.8) is 0 Å². The molecule has 1 fully saturated rings. The Labute approximate surface area is 206 Å². The molecule has 0 saturated carbocycles. The summed E-state index contributed by atoms with van der Waals surface area (Å²) in [6.07, 6.45) is -5.85. The Morgan fingerprint density at radius 3 is 2.50 bits per heavy atom. The third kappa shape index (κ3) is 6.95. The summed E-state index contributed by atoms with van der Waals surface area (Å²) in [5, 5.41) is 2.50. The number of nitrogens with zero attached hydrogens (tertiary/aromatic N) is 1. The van der Waals surface area contributed by atoms with Crippen molar-refractivity contribution in [3.05, 3.63) is 53.6 Å². The van der Waals surface area contributed by atoms with Crippen LogP contribution in [0.3, 0.4) is 0 Å². The molecule has 2 aromatic rings. The molecule has 36 heavy (non-hydrogen) atoms. The molecule has 1 atom stereocenters. The van der Waals surface area contributed by atoms with Gasteiger partial charge in [0.1, 0.15) is 5.75 Å². The first-order valence-electron chi connectivity index (χ1n) is 10.9. The summed E-state index contributed by atoms with van der Waals surface area (Å²) >= 11 is 0. The Morgan fingerprint density at radius 2 is 1.83 bits per heavy atom. The molecule has 0 aliphatic carbocycles. The van der Waals surface area contributed by atoms with Gasteiger partial charge in [0, 0.05) is 18.8 Å². The summed E-state index contributed by atoms with van der Waals surface area (Å²) in [4.78, 5) is 24.5. The first-order valence-corrected chi connectivity index (χ1v) is 12.3. The number of sulfonamides is 1. The van der Waals surface area contributed by atoms with Gasteiger partial charge in [-0.2, -0.15) is 17.5 Å². The Hall–Kier alpha value is -3.16. The first-order chi connectivity index (χ1) is 16.9. The maximum absolute atomic E-state index is 13.0. The second-order valence-corrected chi connectivity index (χ2v) is 9.84. The van der Waals surface area contributed by atoms with E-state index in [4.69, 9.17) is 14.2 Å². The minimum Gasteiger partial charge on any atom is -0.482 e. The molecular weight excluding hydrogens is 505 g/mol. The van der Waals surface area contributed by atoms with E-state index in [2.05, 4.69) is 5.32 Å². The van der Waals surface area contributed by atoms with Crippen molar-refractivity contribution in [1.29, 1.82) is 0 Å². The van der Waals surface area contributed by atoms with E-state index in [-0.39, 0.29) is 42.6 Å². The SMILES string of the molecule is Cc1ccc(NC(=O)[C@H](C)OC(=O)COc2cccc(C(F)(F)F)c2)cc1S(=O)(=O)N1CCOCC1. The molecule has 0 bridgehead atoms. The molecule has 1 heterocycles. The minimum atomic E-state index is -4.57. The number of amides is 1. The van der Waals surface area contributed by atoms with Gasteiger partial charge in [0.2, 0.25) is 10.0 Å². The molecule has 2 aromatic carbocycles. The largest absolute Gasteiger partial charge is 0.482 e. The molecular formula is C23H25F3N2O7S. The fourth-order valence-corrected chi connectivity index (χ4v) is 4.97. The molecule has 0 unspecified atom stereocenters. The fraction of sp³-hybridized carbons (Fsp3) is 0.391. The quantitative estimate of drug-likeness (QED) is 0.523. The number of benzene rings is 2. The lowest BCUT2D eigenvalue weighted by molar-refractivity contribution is -0.155. The van der Waals surface area contributed by atoms with Crippen molar-refractivity contribution in [2.24, 2.45) is 0 Å². The van der Waals surface area contributed by atoms with Crippen LogP contribution in [0.4, 0.5) is 18.9 Å². The van der Waals surface area contributed by atoms with Crippen molar-refractivity contribution < 1.29 is 45.4 Å². The molecule has 3 rings (SSSR count). The van der Waals surface area contributed by atoms with Crippen LogP contribution in [-0.4, -0.2) is 63.6 Å². The number of esters is 1. The van der Waals surface area contributed by atoms with Crippen LogP contribution in [0.15, 0.2) is 47.4 Å². The number of morpholine rings is 1. The number of hydrogen-bond donors (Lipinski definition) is 1. The van der Waals surface area contributed by atoms with Crippen molar-refractivity contribution in [3.8, 4) is 5.75 Å². The van der Waals surface area contributed by atoms with E-state index in [0.717, 1.165) is 18.2 Å². The van der Waals surface area contributed by atoms with Gasteiger partial charge in [0.25, 0.3) is 5.91 Å². The summed E-state index contributed by atoms with van der Waals surface area (Å²) < 4.78 is 80.9. The molecule has 1 amide bonds. The van der Waals surface area contributed by atoms with Crippen LogP contribution in [0.2, 0.25) is 0 Å². The molecule has 0 radical (unpaired) electrons. The summed E-state index contributed by atoms with van der Waals surface area (Å²) in [6, 6.07) is 8.36. The number of ether oxygens (including phenoxy) is 3. The smallest absolute Gasteiger partial charge is 0.416 e. The van der Waals surface area contributed by atoms with E-state index >= 15 is 0 Å². The van der Waals surface area contributed by atoms with E-state index in [1.165, 1.54) is 29.4 Å². The number of aryl methyl sites for hydroxylation is 1. The van der Waals surface area contributed by atoms with Crippen LogP contribution < -0.4 is 10.1 Å². The average molecular weight is 531 g/mol. The van der Waals surface area contributed by atoms with Gasteiger partial charge < -0.3 is 19.5 Å². The Bertz CT molecular complexity index is 1210. The topological polar surface area (TPSA) is 111 Å². The van der Waals surface area contributed by atoms with Crippen molar-refractivity contribution in [2.75, 3.05) is 38.2 Å². The predicted molar refractivity (Wildman–Crippen MR) is 122 cm³/mol. The maximum Gasteiger partial charge on any atom is 0.416 e. The molecule has 1 aliphatic rings. The number of alkyl halides is 3. The van der Waals surface area contributed by atoms with Crippen LogP contribution in [0, 0.1) is 6.92 Å². The zero-order valence-electron chi connectivity index (χ0n) is 19.5. The van der Waals surface area contributed by atoms with Gasteiger partial charge in [-0.15, -0.1) is 0 Å². The van der Waals surface area contributed by atoms with Gasteiger partial charge >= 0.3 is 12.1 Å². The van der Waals surface area contributed by atoms with E-state index in [0.29, 0.717) is 5.56 Å². The number of carbonyl (C=O) groups is 2. The number of rotatable bonds is 8. The lowest BCUT2D eigenvalue weighted by atomic mass is 10.2. The van der Waals surface area contributed by atoms with Gasteiger partial charge in [0.15, 0.2) is 12.7 Å². The normalized spacial score (nSPS) is 15.7. The number of carbonyl (C=O) groups excluding carboxylic acids is 2. The van der Waals surface area contributed by atoms with E-state index in [1.54, 1.807) is 13.0 Å². The van der Waals surface area contributed by atoms with Crippen molar-refractivity contribution >= 4 is 27.6 Å². The highest BCUT2D eigenvalue weighted by Gasteiger charge is 2.31. The van der Waals surface area contributed by atoms with E-state index < -0.39 is 46.4 Å². The first kappa shape index (κ1) is 27.4. The summed E-state index contributed by atoms with van der Waals surface area (Å²) in [5.41, 5.74) is -0.263. The Morgan fingerprint density at radius 1 is 1.14 bits per heavy atom. The zero-order chi connectivity index (χ0) is 26.5. The van der Waals surface area contributed by atoms with Crippen LogP contribution in [0.1, 0.15) is 18.1 Å². The third-order valence-electron chi connectivity index (χ3n) is 5.24.